The van der Waals surface area contributed by atoms with Crippen LogP contribution in [0.1, 0.15) is 5.56 Å². The Kier molecular flexibility index (Phi) is 4.58. The predicted molar refractivity (Wildman–Crippen MR) is 171 cm³/mol. The molecular formula is C37H24N4. The third-order valence-electron chi connectivity index (χ3n) is 8.25. The SMILES string of the molecule is C1=CN(c2nc3ccccc3n2-c2ccccc2)c2cccc3cc4c(c1c23)c1ccccc1n4-c1ccccc1. The van der Waals surface area contributed by atoms with E-state index in [4.69, 9.17) is 4.98 Å². The highest BCUT2D eigenvalue weighted by atomic mass is 15.3. The van der Waals surface area contributed by atoms with Crippen LogP contribution in [0.4, 0.5) is 11.6 Å². The average molecular weight is 525 g/mol. The second-order valence-electron chi connectivity index (χ2n) is 10.5. The second kappa shape index (κ2) is 8.44. The van der Waals surface area contributed by atoms with Crippen LogP contribution in [0.5, 0.6) is 0 Å². The fourth-order valence-corrected chi connectivity index (χ4v) is 6.56. The van der Waals surface area contributed by atoms with Gasteiger partial charge in [-0.1, -0.05) is 78.9 Å². The highest BCUT2D eigenvalue weighted by molar-refractivity contribution is 6.22. The molecule has 9 rings (SSSR count). The molecule has 2 aromatic heterocycles. The molecule has 8 aromatic rings. The van der Waals surface area contributed by atoms with Crippen LogP contribution >= 0.6 is 0 Å². The van der Waals surface area contributed by atoms with Crippen molar-refractivity contribution in [1.82, 2.24) is 14.1 Å². The minimum Gasteiger partial charge on any atom is -0.309 e. The molecule has 41 heavy (non-hydrogen) atoms. The molecule has 0 amide bonds. The zero-order valence-corrected chi connectivity index (χ0v) is 22.1. The van der Waals surface area contributed by atoms with Crippen molar-refractivity contribution in [1.29, 1.82) is 0 Å². The summed E-state index contributed by atoms with van der Waals surface area (Å²) in [6, 6.07) is 47.2. The summed E-state index contributed by atoms with van der Waals surface area (Å²) in [6.45, 7) is 0. The van der Waals surface area contributed by atoms with Crippen LogP contribution in [0.15, 0.2) is 140 Å². The molecule has 1 aliphatic heterocycles. The van der Waals surface area contributed by atoms with Gasteiger partial charge in [-0.2, -0.15) is 0 Å². The zero-order chi connectivity index (χ0) is 26.9. The van der Waals surface area contributed by atoms with Crippen molar-refractivity contribution in [2.75, 3.05) is 4.90 Å². The van der Waals surface area contributed by atoms with Gasteiger partial charge in [0.25, 0.3) is 0 Å². The van der Waals surface area contributed by atoms with Gasteiger partial charge in [-0.05, 0) is 71.6 Å². The Hall–Kier alpha value is -5.61. The Labute approximate surface area is 236 Å². The second-order valence-corrected chi connectivity index (χ2v) is 10.5. The molecule has 1 aliphatic rings. The number of hydrogen-bond donors (Lipinski definition) is 0. The molecule has 0 spiro atoms. The van der Waals surface area contributed by atoms with Crippen LogP contribution in [0, 0.1) is 0 Å². The summed E-state index contributed by atoms with van der Waals surface area (Å²) >= 11 is 0. The van der Waals surface area contributed by atoms with E-state index < -0.39 is 0 Å². The molecule has 0 fully saturated rings. The molecule has 4 nitrogen and oxygen atoms in total. The Morgan fingerprint density at radius 2 is 1.20 bits per heavy atom. The van der Waals surface area contributed by atoms with E-state index in [9.17, 15) is 0 Å². The summed E-state index contributed by atoms with van der Waals surface area (Å²) in [6.07, 6.45) is 4.46. The largest absolute Gasteiger partial charge is 0.309 e. The maximum Gasteiger partial charge on any atom is 0.220 e. The van der Waals surface area contributed by atoms with Crippen LogP contribution < -0.4 is 4.90 Å². The Bertz CT molecular complexity index is 2310. The molecule has 192 valence electrons. The fraction of sp³-hybridized carbons (Fsp3) is 0. The minimum atomic E-state index is 0.874. The zero-order valence-electron chi connectivity index (χ0n) is 22.1. The first-order valence-corrected chi connectivity index (χ1v) is 13.9. The average Bonchev–Trinajstić information content (AvgIpc) is 3.58. The molecule has 0 unspecified atom stereocenters. The van der Waals surface area contributed by atoms with Gasteiger partial charge in [-0.25, -0.2) is 4.98 Å². The van der Waals surface area contributed by atoms with Gasteiger partial charge in [0.05, 0.1) is 27.8 Å². The van der Waals surface area contributed by atoms with E-state index in [2.05, 4.69) is 160 Å². The van der Waals surface area contributed by atoms with Gasteiger partial charge in [0.1, 0.15) is 0 Å². The van der Waals surface area contributed by atoms with Gasteiger partial charge in [-0.15, -0.1) is 0 Å². The molecular weight excluding hydrogens is 500 g/mol. The summed E-state index contributed by atoms with van der Waals surface area (Å²) in [5.41, 5.74) is 9.11. The number of imidazole rings is 1. The number of hydrogen-bond acceptors (Lipinski definition) is 2. The first-order chi connectivity index (χ1) is 20.4. The summed E-state index contributed by atoms with van der Waals surface area (Å²) in [4.78, 5) is 7.40. The van der Waals surface area contributed by atoms with Crippen molar-refractivity contribution in [3.05, 3.63) is 145 Å². The Morgan fingerprint density at radius 1 is 0.512 bits per heavy atom. The molecule has 0 aliphatic carbocycles. The van der Waals surface area contributed by atoms with E-state index >= 15 is 0 Å². The topological polar surface area (TPSA) is 26.0 Å². The van der Waals surface area contributed by atoms with Crippen molar-refractivity contribution in [3.63, 3.8) is 0 Å². The molecule has 0 bridgehead atoms. The highest BCUT2D eigenvalue weighted by Crippen LogP contribution is 2.45. The summed E-state index contributed by atoms with van der Waals surface area (Å²) in [7, 11) is 0. The molecule has 0 radical (unpaired) electrons. The fourth-order valence-electron chi connectivity index (χ4n) is 6.56. The van der Waals surface area contributed by atoms with E-state index in [0.717, 1.165) is 28.4 Å². The van der Waals surface area contributed by atoms with E-state index in [1.165, 1.54) is 43.8 Å². The molecule has 0 saturated carbocycles. The van der Waals surface area contributed by atoms with Crippen molar-refractivity contribution < 1.29 is 0 Å². The normalized spacial score (nSPS) is 12.7. The lowest BCUT2D eigenvalue weighted by Gasteiger charge is -2.27. The van der Waals surface area contributed by atoms with Crippen molar-refractivity contribution in [2.45, 2.75) is 0 Å². The Balaban J connectivity index is 1.36. The third kappa shape index (κ3) is 3.13. The number of fused-ring (bicyclic) bond motifs is 5. The molecule has 0 saturated heterocycles. The first kappa shape index (κ1) is 22.2. The number of nitrogens with zero attached hydrogens (tertiary/aromatic N) is 4. The van der Waals surface area contributed by atoms with Gasteiger partial charge in [-0.3, -0.25) is 9.47 Å². The van der Waals surface area contributed by atoms with E-state index in [-0.39, 0.29) is 0 Å². The summed E-state index contributed by atoms with van der Waals surface area (Å²) in [5.74, 6) is 0.874. The van der Waals surface area contributed by atoms with Crippen LogP contribution in [0.2, 0.25) is 0 Å². The quantitative estimate of drug-likeness (QED) is 0.230. The van der Waals surface area contributed by atoms with Crippen molar-refractivity contribution in [2.24, 2.45) is 0 Å². The summed E-state index contributed by atoms with van der Waals surface area (Å²) in [5, 5.41) is 4.98. The smallest absolute Gasteiger partial charge is 0.220 e. The van der Waals surface area contributed by atoms with Gasteiger partial charge in [0.2, 0.25) is 5.95 Å². The van der Waals surface area contributed by atoms with Gasteiger partial charge >= 0.3 is 0 Å². The predicted octanol–water partition coefficient (Wildman–Crippen LogP) is 9.40. The Morgan fingerprint density at radius 3 is 2.00 bits per heavy atom. The molecule has 3 heterocycles. The highest BCUT2D eigenvalue weighted by Gasteiger charge is 2.26. The standard InChI is InChI=1S/C37H24N4/c1-3-13-26(14-4-1)40-31-19-9-7-17-28(31)36-29-22-23-39(33-21-11-12-25(35(29)33)24-34(36)40)37-38-30-18-8-10-20-32(30)41(37)27-15-5-2-6-16-27/h1-24H. The number of para-hydroxylation sites is 5. The molecule has 6 aromatic carbocycles. The first-order valence-electron chi connectivity index (χ1n) is 13.9. The maximum absolute atomic E-state index is 5.16. The number of benzene rings is 6. The maximum atomic E-state index is 5.16. The molecule has 0 N–H and O–H groups in total. The lowest BCUT2D eigenvalue weighted by atomic mass is 9.95. The molecule has 4 heteroatoms. The van der Waals surface area contributed by atoms with Gasteiger partial charge < -0.3 is 4.57 Å². The van der Waals surface area contributed by atoms with Crippen LogP contribution in [-0.2, 0) is 0 Å². The van der Waals surface area contributed by atoms with E-state index in [1.54, 1.807) is 0 Å². The lowest BCUT2D eigenvalue weighted by Crippen LogP contribution is -2.16. The van der Waals surface area contributed by atoms with Gasteiger partial charge in [0, 0.05) is 33.7 Å². The van der Waals surface area contributed by atoms with Crippen LogP contribution in [0.3, 0.4) is 0 Å². The van der Waals surface area contributed by atoms with Crippen LogP contribution in [-0.4, -0.2) is 14.1 Å². The molecule has 0 atom stereocenters. The third-order valence-corrected chi connectivity index (χ3v) is 8.25. The van der Waals surface area contributed by atoms with E-state index in [0.29, 0.717) is 0 Å². The monoisotopic (exact) mass is 524 g/mol. The number of rotatable bonds is 3. The summed E-state index contributed by atoms with van der Waals surface area (Å²) < 4.78 is 4.64. The van der Waals surface area contributed by atoms with Crippen LogP contribution in [0.25, 0.3) is 61.1 Å². The van der Waals surface area contributed by atoms with Crippen molar-refractivity contribution in [3.8, 4) is 11.4 Å². The number of aromatic nitrogens is 3. The number of anilines is 2. The van der Waals surface area contributed by atoms with Gasteiger partial charge in [0.15, 0.2) is 0 Å². The van der Waals surface area contributed by atoms with Crippen molar-refractivity contribution >= 4 is 61.3 Å². The lowest BCUT2D eigenvalue weighted by molar-refractivity contribution is 1.03. The van der Waals surface area contributed by atoms with E-state index in [1.807, 2.05) is 0 Å². The minimum absolute atomic E-state index is 0.874.